The SMILES string of the molecule is Cc1[c-]c(Cc2ccc3c(c2)C2(c4cc(Cc5[c-]c(C)c(C)c6c5=NCN=6)ccc4-3)c3cc(Cc4[c-]c(C)c(C)c5c4=NCN=5)ccc3-c3ccc(Cc4[c-]c(C)c(C)c5c4=NCN=5)cc32)c2c(c1C)=NCN=2.[Y].[Y].[Y].[Y].[Y].[Y].[Y].[Y].[Y].[Y]. The molecule has 83 heavy (non-hydrogen) atoms. The second-order valence-corrected chi connectivity index (χ2v) is 21.0. The zero-order valence-corrected chi connectivity index (χ0v) is 76.8. The van der Waals surface area contributed by atoms with E-state index in [2.05, 4.69) is 152 Å². The molecule has 4 aliphatic heterocycles. The van der Waals surface area contributed by atoms with Crippen LogP contribution in [-0.2, 0) is 358 Å². The maximum Gasteiger partial charge on any atom is 0.115 e. The van der Waals surface area contributed by atoms with E-state index >= 15 is 0 Å². The van der Waals surface area contributed by atoms with Gasteiger partial charge >= 0.3 is 0 Å². The summed E-state index contributed by atoms with van der Waals surface area (Å²) >= 11 is 0. The number of nitrogens with zero attached hydrogens (tertiary/aromatic N) is 8. The molecule has 6 aliphatic rings. The summed E-state index contributed by atoms with van der Waals surface area (Å²) in [4.78, 5) is 39.0. The smallest absolute Gasteiger partial charge is 0.115 e. The van der Waals surface area contributed by atoms with Crippen LogP contribution >= 0.6 is 0 Å². The molecule has 0 bridgehead atoms. The van der Waals surface area contributed by atoms with Crippen molar-refractivity contribution in [2.45, 2.75) is 86.5 Å². The van der Waals surface area contributed by atoms with E-state index in [-0.39, 0.29) is 327 Å². The molecule has 18 heteroatoms. The Kier molecular flexibility index (Phi) is 30.4. The molecule has 8 aromatic rings. The third-order valence-electron chi connectivity index (χ3n) is 17.0. The summed E-state index contributed by atoms with van der Waals surface area (Å²) in [5, 5.41) is 7.97. The van der Waals surface area contributed by atoms with E-state index in [1.807, 2.05) is 0 Å². The Morgan fingerprint density at radius 1 is 0.289 bits per heavy atom. The van der Waals surface area contributed by atoms with Gasteiger partial charge in [0.25, 0.3) is 0 Å². The maximum absolute atomic E-state index is 4.92. The van der Waals surface area contributed by atoms with Gasteiger partial charge in [0, 0.05) is 327 Å². The largest absolute Gasteiger partial charge is 0.325 e. The van der Waals surface area contributed by atoms with E-state index in [1.54, 1.807) is 0 Å². The molecule has 0 unspecified atom stereocenters. The predicted molar refractivity (Wildman–Crippen MR) is 282 cm³/mol. The molecule has 0 saturated carbocycles. The van der Waals surface area contributed by atoms with Crippen LogP contribution in [0.3, 0.4) is 0 Å². The number of rotatable bonds is 8. The Bertz CT molecular complexity index is 3900. The van der Waals surface area contributed by atoms with E-state index < -0.39 is 5.41 Å². The summed E-state index contributed by atoms with van der Waals surface area (Å²) in [6, 6.07) is 43.9. The molecular formula is C65H52N8Y10-4. The first-order chi connectivity index (χ1) is 35.4. The summed E-state index contributed by atoms with van der Waals surface area (Å²) in [6.45, 7) is 19.0. The van der Waals surface area contributed by atoms with E-state index in [0.717, 1.165) is 110 Å². The third-order valence-corrected chi connectivity index (χ3v) is 17.0. The minimum atomic E-state index is -0.667. The van der Waals surface area contributed by atoms with Gasteiger partial charge < -0.3 is 20.0 Å². The van der Waals surface area contributed by atoms with Crippen molar-refractivity contribution in [3.63, 3.8) is 0 Å². The maximum atomic E-state index is 4.92. The Morgan fingerprint density at radius 3 is 0.687 bits per heavy atom. The molecule has 8 nitrogen and oxygen atoms in total. The van der Waals surface area contributed by atoms with Gasteiger partial charge in [0.2, 0.25) is 0 Å². The Labute approximate surface area is 738 Å². The number of hydrogen-bond donors (Lipinski definition) is 0. The average Bonchev–Trinajstić information content (AvgIpc) is 4.26. The first-order valence-corrected chi connectivity index (χ1v) is 25.6. The molecule has 0 atom stereocenters. The summed E-state index contributed by atoms with van der Waals surface area (Å²) in [7, 11) is 0. The van der Waals surface area contributed by atoms with Crippen molar-refractivity contribution in [2.75, 3.05) is 26.7 Å². The number of hydrogen-bond acceptors (Lipinski definition) is 8. The molecule has 4 heterocycles. The molecule has 0 saturated heterocycles. The molecule has 0 fully saturated rings. The normalized spacial score (nSPS) is 13.2. The molecule has 0 N–H and O–H groups in total. The van der Waals surface area contributed by atoms with E-state index in [9.17, 15) is 0 Å². The van der Waals surface area contributed by atoms with Gasteiger partial charge in [0.15, 0.2) is 0 Å². The summed E-state index contributed by atoms with van der Waals surface area (Å²) in [5.74, 6) is 0. The standard InChI is InChI=1S/C65H52N8.10Y/c1-33-17-45(61-57(37(33)5)66-29-70-61)21-41-9-13-49-50-14-10-42(22-46-18-34(2)38(6)58-62(46)71-30-67-58)26-54(50)65(53(49)25-41)55-27-43(23-47-19-35(3)39(7)59-63(47)72-31-68-59)11-15-51(55)52-16-12-44(28-56(52)65)24-48-20-36(4)40(8)60-64(48)73-32-69-60;;;;;;;;;;/h9-16,25-28H,21-24,29-32H2,1-8H3;;;;;;;;;;/q-4;;;;;;;;;;. The molecule has 2 aliphatic carbocycles. The van der Waals surface area contributed by atoms with Crippen molar-refractivity contribution in [3.05, 3.63) is 251 Å². The molecule has 10 radical (unpaired) electrons. The van der Waals surface area contributed by atoms with E-state index in [4.69, 9.17) is 39.9 Å². The van der Waals surface area contributed by atoms with Gasteiger partial charge in [-0.3, -0.25) is 20.0 Å². The minimum absolute atomic E-state index is 0. The third kappa shape index (κ3) is 13.7. The van der Waals surface area contributed by atoms with Crippen molar-refractivity contribution in [1.82, 2.24) is 0 Å². The summed E-state index contributed by atoms with van der Waals surface area (Å²) in [5.41, 5.74) is 27.9. The fraction of sp³-hybridized carbons (Fsp3) is 0.262. The molecular weight excluding hydrogens is 1780 g/mol. The van der Waals surface area contributed by atoms with Crippen molar-refractivity contribution in [2.24, 2.45) is 39.9 Å². The van der Waals surface area contributed by atoms with E-state index in [1.165, 1.54) is 66.8 Å². The molecule has 0 aromatic heterocycles. The van der Waals surface area contributed by atoms with Crippen LogP contribution in [0.1, 0.15) is 111 Å². The molecule has 8 aromatic carbocycles. The van der Waals surface area contributed by atoms with Crippen LogP contribution in [0.5, 0.6) is 0 Å². The molecule has 0 amide bonds. The Hall–Kier alpha value is 3.20. The van der Waals surface area contributed by atoms with Gasteiger partial charge in [-0.15, -0.1) is 44.5 Å². The average molecular weight is 1830 g/mol. The minimum Gasteiger partial charge on any atom is -0.325 e. The second kappa shape index (κ2) is 32.1. The zero-order chi connectivity index (χ0) is 49.6. The van der Waals surface area contributed by atoms with Gasteiger partial charge in [-0.25, -0.2) is 0 Å². The number of aryl methyl sites for hydroxylation is 4. The van der Waals surface area contributed by atoms with Crippen LogP contribution < -0.4 is 42.9 Å². The predicted octanol–water partition coefficient (Wildman–Crippen LogP) is 6.88. The van der Waals surface area contributed by atoms with Gasteiger partial charge in [-0.1, -0.05) is 128 Å². The summed E-state index contributed by atoms with van der Waals surface area (Å²) < 4.78 is 0. The fourth-order valence-corrected chi connectivity index (χ4v) is 12.9. The van der Waals surface area contributed by atoms with Crippen LogP contribution in [-0.4, -0.2) is 26.7 Å². The van der Waals surface area contributed by atoms with Crippen LogP contribution in [0, 0.1) is 79.7 Å². The van der Waals surface area contributed by atoms with Crippen LogP contribution in [0.15, 0.2) is 113 Å². The van der Waals surface area contributed by atoms with Gasteiger partial charge in [0.1, 0.15) is 26.7 Å². The van der Waals surface area contributed by atoms with Gasteiger partial charge in [-0.05, 0) is 135 Å². The molecule has 386 valence electrons. The topological polar surface area (TPSA) is 98.9 Å². The van der Waals surface area contributed by atoms with Crippen LogP contribution in [0.4, 0.5) is 0 Å². The number of benzene rings is 8. The van der Waals surface area contributed by atoms with Crippen molar-refractivity contribution in [3.8, 4) is 22.3 Å². The second-order valence-electron chi connectivity index (χ2n) is 21.0. The van der Waals surface area contributed by atoms with Gasteiger partial charge in [0.05, 0.1) is 5.41 Å². The monoisotopic (exact) mass is 1830 g/mol. The first-order valence-electron chi connectivity index (χ1n) is 25.6. The van der Waals surface area contributed by atoms with Crippen LogP contribution in [0.2, 0.25) is 0 Å². The first kappa shape index (κ1) is 78.6. The molecule has 1 spiro atoms. The quantitative estimate of drug-likeness (QED) is 0.149. The fourth-order valence-electron chi connectivity index (χ4n) is 12.9. The zero-order valence-electron chi connectivity index (χ0n) is 48.4. The van der Waals surface area contributed by atoms with E-state index in [0.29, 0.717) is 52.4 Å². The molecule has 14 rings (SSSR count). The Morgan fingerprint density at radius 2 is 0.482 bits per heavy atom. The van der Waals surface area contributed by atoms with Crippen molar-refractivity contribution in [1.29, 1.82) is 0 Å². The Balaban J connectivity index is 0.00000148. The van der Waals surface area contributed by atoms with Crippen molar-refractivity contribution < 1.29 is 327 Å². The summed E-state index contributed by atoms with van der Waals surface area (Å²) in [6.07, 6.45) is 2.78. The van der Waals surface area contributed by atoms with Crippen molar-refractivity contribution >= 4 is 0 Å². The van der Waals surface area contributed by atoms with Gasteiger partial charge in [-0.2, -0.15) is 46.5 Å². The number of fused-ring (bicyclic) bond motifs is 14. The van der Waals surface area contributed by atoms with Crippen LogP contribution in [0.25, 0.3) is 22.3 Å².